The fourth-order valence-corrected chi connectivity index (χ4v) is 5.66. The lowest BCUT2D eigenvalue weighted by molar-refractivity contribution is -0.223. The molecule has 0 aliphatic carbocycles. The highest BCUT2D eigenvalue weighted by Gasteiger charge is 2.51. The lowest BCUT2D eigenvalue weighted by atomic mass is 9.98. The summed E-state index contributed by atoms with van der Waals surface area (Å²) >= 11 is 1.44. The number of carbonyl (C=O) groups is 2. The maximum Gasteiger partial charge on any atom is 0.338 e. The number of carbonyl (C=O) groups excluding carboxylic acids is 2. The van der Waals surface area contributed by atoms with Crippen LogP contribution in [0.1, 0.15) is 60.2 Å². The molecule has 5 atom stereocenters. The van der Waals surface area contributed by atoms with Gasteiger partial charge >= 0.3 is 11.9 Å². The second-order valence-electron chi connectivity index (χ2n) is 10.1. The minimum Gasteiger partial charge on any atom is -0.453 e. The summed E-state index contributed by atoms with van der Waals surface area (Å²) in [5, 5.41) is 0. The Morgan fingerprint density at radius 3 is 1.79 bits per heavy atom. The number of ether oxygens (including phenoxy) is 5. The molecule has 8 heteroatoms. The molecule has 224 valence electrons. The first-order chi connectivity index (χ1) is 20.6. The van der Waals surface area contributed by atoms with E-state index in [4.69, 9.17) is 23.7 Å². The van der Waals surface area contributed by atoms with Crippen molar-refractivity contribution in [1.29, 1.82) is 0 Å². The molecule has 3 aromatic rings. The van der Waals surface area contributed by atoms with E-state index >= 15 is 0 Å². The lowest BCUT2D eigenvalue weighted by Gasteiger charge is -2.45. The third-order valence-corrected chi connectivity index (χ3v) is 7.98. The molecule has 7 nitrogen and oxygen atoms in total. The van der Waals surface area contributed by atoms with Gasteiger partial charge in [-0.2, -0.15) is 0 Å². The van der Waals surface area contributed by atoms with Gasteiger partial charge in [-0.3, -0.25) is 0 Å². The Morgan fingerprint density at radius 1 is 0.690 bits per heavy atom. The van der Waals surface area contributed by atoms with Crippen LogP contribution in [0.5, 0.6) is 0 Å². The van der Waals surface area contributed by atoms with E-state index in [9.17, 15) is 9.59 Å². The van der Waals surface area contributed by atoms with Gasteiger partial charge in [0.25, 0.3) is 0 Å². The van der Waals surface area contributed by atoms with Gasteiger partial charge in [0.2, 0.25) is 0 Å². The van der Waals surface area contributed by atoms with E-state index in [0.717, 1.165) is 30.6 Å². The van der Waals surface area contributed by atoms with Crippen LogP contribution in [0.2, 0.25) is 0 Å². The van der Waals surface area contributed by atoms with Crippen LogP contribution in [0.25, 0.3) is 0 Å². The van der Waals surface area contributed by atoms with E-state index in [0.29, 0.717) is 24.3 Å². The Labute approximate surface area is 252 Å². The Hall–Kier alpha value is -3.17. The summed E-state index contributed by atoms with van der Waals surface area (Å²) in [6.45, 7) is 5.34. The van der Waals surface area contributed by atoms with Crippen molar-refractivity contribution >= 4 is 23.7 Å². The smallest absolute Gasteiger partial charge is 0.338 e. The molecule has 2 unspecified atom stereocenters. The first-order valence-corrected chi connectivity index (χ1v) is 15.6. The van der Waals surface area contributed by atoms with Crippen molar-refractivity contribution in [1.82, 2.24) is 0 Å². The summed E-state index contributed by atoms with van der Waals surface area (Å²) in [5.41, 5.74) is 0.184. The monoisotopic (exact) mass is 592 g/mol. The van der Waals surface area contributed by atoms with E-state index in [1.807, 2.05) is 42.5 Å². The van der Waals surface area contributed by atoms with Crippen molar-refractivity contribution < 1.29 is 33.3 Å². The van der Waals surface area contributed by atoms with E-state index in [2.05, 4.69) is 13.8 Å². The van der Waals surface area contributed by atoms with Crippen LogP contribution in [0, 0.1) is 0 Å². The fraction of sp³-hybridized carbons (Fsp3) is 0.412. The third kappa shape index (κ3) is 9.16. The number of benzene rings is 3. The second kappa shape index (κ2) is 17.1. The van der Waals surface area contributed by atoms with E-state index < -0.39 is 41.8 Å². The Bertz CT molecular complexity index is 1210. The Morgan fingerprint density at radius 2 is 1.21 bits per heavy atom. The Kier molecular flexibility index (Phi) is 12.9. The number of rotatable bonds is 15. The average molecular weight is 593 g/mol. The van der Waals surface area contributed by atoms with Crippen molar-refractivity contribution in [2.75, 3.05) is 19.8 Å². The molecule has 3 aromatic carbocycles. The van der Waals surface area contributed by atoms with Gasteiger partial charge in [0.15, 0.2) is 12.2 Å². The molecule has 4 rings (SSSR count). The van der Waals surface area contributed by atoms with Gasteiger partial charge in [0.1, 0.15) is 17.6 Å². The maximum atomic E-state index is 13.4. The molecule has 0 amide bonds. The summed E-state index contributed by atoms with van der Waals surface area (Å²) in [5.74, 6) is -1.01. The zero-order valence-electron chi connectivity index (χ0n) is 24.3. The fourth-order valence-electron chi connectivity index (χ4n) is 4.54. The summed E-state index contributed by atoms with van der Waals surface area (Å²) < 4.78 is 31.4. The number of thioether (sulfide) groups is 1. The highest BCUT2D eigenvalue weighted by atomic mass is 32.2. The van der Waals surface area contributed by atoms with E-state index in [1.165, 1.54) is 11.8 Å². The normalized spacial score (nSPS) is 21.9. The van der Waals surface area contributed by atoms with Crippen molar-refractivity contribution in [3.05, 3.63) is 102 Å². The topological polar surface area (TPSA) is 80.3 Å². The first kappa shape index (κ1) is 31.8. The summed E-state index contributed by atoms with van der Waals surface area (Å²) in [4.78, 5) is 27.7. The largest absolute Gasteiger partial charge is 0.453 e. The van der Waals surface area contributed by atoms with Crippen molar-refractivity contribution in [3.8, 4) is 0 Å². The van der Waals surface area contributed by atoms with Crippen LogP contribution < -0.4 is 0 Å². The molecule has 0 aromatic heterocycles. The molecule has 0 radical (unpaired) electrons. The second-order valence-corrected chi connectivity index (χ2v) is 11.2. The van der Waals surface area contributed by atoms with Gasteiger partial charge in [-0.25, -0.2) is 9.59 Å². The predicted octanol–water partition coefficient (Wildman–Crippen LogP) is 6.96. The third-order valence-electron chi connectivity index (χ3n) is 6.82. The summed E-state index contributed by atoms with van der Waals surface area (Å²) in [6.07, 6.45) is 0.419. The number of esters is 2. The van der Waals surface area contributed by atoms with Crippen molar-refractivity contribution in [2.45, 2.75) is 74.3 Å². The Balaban J connectivity index is 1.69. The molecular weight excluding hydrogens is 552 g/mol. The molecule has 42 heavy (non-hydrogen) atoms. The van der Waals surface area contributed by atoms with Crippen LogP contribution in [0.15, 0.2) is 95.9 Å². The van der Waals surface area contributed by atoms with Gasteiger partial charge < -0.3 is 23.7 Å². The minimum absolute atomic E-state index is 0.200. The highest BCUT2D eigenvalue weighted by molar-refractivity contribution is 7.99. The summed E-state index contributed by atoms with van der Waals surface area (Å²) in [6, 6.07) is 27.4. The van der Waals surface area contributed by atoms with E-state index in [1.54, 1.807) is 48.5 Å². The zero-order valence-corrected chi connectivity index (χ0v) is 25.1. The van der Waals surface area contributed by atoms with Crippen molar-refractivity contribution in [2.24, 2.45) is 0 Å². The van der Waals surface area contributed by atoms with Crippen LogP contribution in [0.4, 0.5) is 0 Å². The standard InChI is InChI=1S/C34H40O7S/c1-3-5-22-37-24-28-29(40-32(35)25-16-10-7-11-17-25)30(38-23-6-4-2)31(41-33(36)26-18-12-8-13-19-26)34(39-28)42-27-20-14-9-15-21-27/h7-21,28-31,34H,3-6,22-24H2,1-2H3/t28?,29-,30+,31?,34-/m1/s1. The van der Waals surface area contributed by atoms with E-state index in [-0.39, 0.29) is 6.61 Å². The first-order valence-electron chi connectivity index (χ1n) is 14.7. The molecule has 1 heterocycles. The van der Waals surface area contributed by atoms with Crippen LogP contribution in [0.3, 0.4) is 0 Å². The average Bonchev–Trinajstić information content (AvgIpc) is 3.03. The predicted molar refractivity (Wildman–Crippen MR) is 163 cm³/mol. The number of hydrogen-bond donors (Lipinski definition) is 0. The molecular formula is C34H40O7S. The van der Waals surface area contributed by atoms with Crippen molar-refractivity contribution in [3.63, 3.8) is 0 Å². The number of unbranched alkanes of at least 4 members (excludes halogenated alkanes) is 2. The number of hydrogen-bond acceptors (Lipinski definition) is 8. The van der Waals surface area contributed by atoms with Gasteiger partial charge in [-0.05, 0) is 49.2 Å². The summed E-state index contributed by atoms with van der Waals surface area (Å²) in [7, 11) is 0. The molecule has 0 spiro atoms. The lowest BCUT2D eigenvalue weighted by Crippen LogP contribution is -2.61. The van der Waals surface area contributed by atoms with Gasteiger partial charge in [0.05, 0.1) is 17.7 Å². The van der Waals surface area contributed by atoms with Gasteiger partial charge in [0, 0.05) is 18.1 Å². The molecule has 0 bridgehead atoms. The maximum absolute atomic E-state index is 13.4. The quantitative estimate of drug-likeness (QED) is 0.138. The van der Waals surface area contributed by atoms with Crippen LogP contribution in [-0.2, 0) is 23.7 Å². The van der Waals surface area contributed by atoms with Gasteiger partial charge in [-0.1, -0.05) is 93.0 Å². The molecule has 1 saturated heterocycles. The minimum atomic E-state index is -0.877. The van der Waals surface area contributed by atoms with Gasteiger partial charge in [-0.15, -0.1) is 0 Å². The molecule has 0 saturated carbocycles. The molecule has 1 aliphatic heterocycles. The van der Waals surface area contributed by atoms with Crippen LogP contribution >= 0.6 is 11.8 Å². The molecule has 0 N–H and O–H groups in total. The molecule has 1 aliphatic rings. The SMILES string of the molecule is CCCCOCC1O[C@H](Sc2ccccc2)C(OC(=O)c2ccccc2)[C@@H](OCCCC)[C@@H]1OC(=O)c1ccccc1. The molecule has 1 fully saturated rings. The highest BCUT2D eigenvalue weighted by Crippen LogP contribution is 2.38. The van der Waals surface area contributed by atoms with Crippen LogP contribution in [-0.4, -0.2) is 61.6 Å². The zero-order chi connectivity index (χ0) is 29.6.